The minimum absolute atomic E-state index is 0.713. The molecule has 0 saturated carbocycles. The van der Waals surface area contributed by atoms with E-state index in [-0.39, 0.29) is 0 Å². The summed E-state index contributed by atoms with van der Waals surface area (Å²) in [5, 5.41) is 7.11. The first kappa shape index (κ1) is 12.2. The van der Waals surface area contributed by atoms with Gasteiger partial charge in [0, 0.05) is 12.6 Å². The minimum Gasteiger partial charge on any atom is -0.316 e. The molecule has 18 heavy (non-hydrogen) atoms. The summed E-state index contributed by atoms with van der Waals surface area (Å²) in [6.45, 7) is 3.56. The Kier molecular flexibility index (Phi) is 3.96. The van der Waals surface area contributed by atoms with E-state index in [1.165, 1.54) is 56.3 Å². The second kappa shape index (κ2) is 5.85. The van der Waals surface area contributed by atoms with Crippen LogP contribution in [0.15, 0.2) is 24.3 Å². The van der Waals surface area contributed by atoms with E-state index in [2.05, 4.69) is 34.9 Å². The molecule has 0 aromatic heterocycles. The molecular weight excluding hydrogens is 220 g/mol. The molecule has 2 N–H and O–H groups in total. The summed E-state index contributed by atoms with van der Waals surface area (Å²) in [7, 11) is 0. The average molecular weight is 244 g/mol. The van der Waals surface area contributed by atoms with Crippen molar-refractivity contribution in [3.05, 3.63) is 35.4 Å². The van der Waals surface area contributed by atoms with Crippen molar-refractivity contribution in [1.82, 2.24) is 10.6 Å². The van der Waals surface area contributed by atoms with Gasteiger partial charge < -0.3 is 10.6 Å². The third kappa shape index (κ3) is 2.93. The Hall–Kier alpha value is -0.860. The fraction of sp³-hybridized carbons (Fsp3) is 0.625. The second-order valence-electron chi connectivity index (χ2n) is 5.79. The van der Waals surface area contributed by atoms with Crippen LogP contribution in [0.3, 0.4) is 0 Å². The van der Waals surface area contributed by atoms with E-state index in [4.69, 9.17) is 0 Å². The second-order valence-corrected chi connectivity index (χ2v) is 5.79. The smallest absolute Gasteiger partial charge is 0.0108 e. The van der Waals surface area contributed by atoms with Gasteiger partial charge in [0.25, 0.3) is 0 Å². The van der Waals surface area contributed by atoms with Crippen LogP contribution in [0, 0.1) is 0 Å². The molecule has 2 nitrogen and oxygen atoms in total. The zero-order valence-electron chi connectivity index (χ0n) is 11.1. The molecule has 98 valence electrons. The van der Waals surface area contributed by atoms with Gasteiger partial charge in [-0.3, -0.25) is 0 Å². The molecule has 0 radical (unpaired) electrons. The van der Waals surface area contributed by atoms with Crippen molar-refractivity contribution in [2.75, 3.05) is 19.6 Å². The van der Waals surface area contributed by atoms with Crippen molar-refractivity contribution in [3.63, 3.8) is 0 Å². The molecule has 1 aromatic rings. The van der Waals surface area contributed by atoms with E-state index in [1.54, 1.807) is 0 Å². The lowest BCUT2D eigenvalue weighted by atomic mass is 9.90. The van der Waals surface area contributed by atoms with Crippen molar-refractivity contribution in [2.45, 2.75) is 44.1 Å². The van der Waals surface area contributed by atoms with Gasteiger partial charge in [-0.15, -0.1) is 0 Å². The fourth-order valence-corrected chi connectivity index (χ4v) is 3.33. The van der Waals surface area contributed by atoms with E-state index in [1.807, 2.05) is 0 Å². The molecule has 2 heterocycles. The van der Waals surface area contributed by atoms with Crippen LogP contribution >= 0.6 is 0 Å². The summed E-state index contributed by atoms with van der Waals surface area (Å²) >= 11 is 0. The summed E-state index contributed by atoms with van der Waals surface area (Å²) in [6.07, 6.45) is 6.55. The predicted octanol–water partition coefficient (Wildman–Crippen LogP) is 2.45. The molecule has 2 fully saturated rings. The number of rotatable bonds is 3. The lowest BCUT2D eigenvalue weighted by Crippen LogP contribution is -2.28. The Morgan fingerprint density at radius 2 is 2.06 bits per heavy atom. The first-order valence-electron chi connectivity index (χ1n) is 7.45. The van der Waals surface area contributed by atoms with Crippen LogP contribution in [-0.4, -0.2) is 25.7 Å². The Morgan fingerprint density at radius 1 is 1.11 bits per heavy atom. The molecule has 0 bridgehead atoms. The summed E-state index contributed by atoms with van der Waals surface area (Å²) in [6, 6.07) is 10.00. The van der Waals surface area contributed by atoms with E-state index in [9.17, 15) is 0 Å². The number of hydrogen-bond acceptors (Lipinski definition) is 2. The van der Waals surface area contributed by atoms with Crippen LogP contribution in [0.2, 0.25) is 0 Å². The monoisotopic (exact) mass is 244 g/mol. The summed E-state index contributed by atoms with van der Waals surface area (Å²) in [4.78, 5) is 0. The number of benzene rings is 1. The van der Waals surface area contributed by atoms with Crippen LogP contribution in [0.25, 0.3) is 0 Å². The van der Waals surface area contributed by atoms with Crippen LogP contribution in [0.5, 0.6) is 0 Å². The van der Waals surface area contributed by atoms with Gasteiger partial charge in [-0.1, -0.05) is 24.3 Å². The van der Waals surface area contributed by atoms with E-state index in [0.29, 0.717) is 6.04 Å². The predicted molar refractivity (Wildman–Crippen MR) is 76.0 cm³/mol. The zero-order valence-corrected chi connectivity index (χ0v) is 11.1. The first-order valence-corrected chi connectivity index (χ1v) is 7.45. The Morgan fingerprint density at radius 3 is 2.83 bits per heavy atom. The highest BCUT2D eigenvalue weighted by Crippen LogP contribution is 2.24. The highest BCUT2D eigenvalue weighted by Gasteiger charge is 2.17. The van der Waals surface area contributed by atoms with Gasteiger partial charge in [-0.05, 0) is 62.2 Å². The number of piperidine rings is 1. The van der Waals surface area contributed by atoms with E-state index in [0.717, 1.165) is 12.5 Å². The fourth-order valence-electron chi connectivity index (χ4n) is 3.33. The van der Waals surface area contributed by atoms with Gasteiger partial charge in [-0.25, -0.2) is 0 Å². The SMILES string of the molecule is c1cc(CC2CCCN2)cc(C2CCCNC2)c1. The highest BCUT2D eigenvalue weighted by atomic mass is 14.9. The topological polar surface area (TPSA) is 24.1 Å². The minimum atomic E-state index is 0.713. The molecule has 3 rings (SSSR count). The summed E-state index contributed by atoms with van der Waals surface area (Å²) < 4.78 is 0. The first-order chi connectivity index (χ1) is 8.92. The number of hydrogen-bond donors (Lipinski definition) is 2. The maximum Gasteiger partial charge on any atom is 0.0108 e. The molecule has 0 spiro atoms. The van der Waals surface area contributed by atoms with Crippen molar-refractivity contribution in [2.24, 2.45) is 0 Å². The summed E-state index contributed by atoms with van der Waals surface area (Å²) in [5.74, 6) is 0.732. The van der Waals surface area contributed by atoms with Gasteiger partial charge in [0.2, 0.25) is 0 Å². The maximum absolute atomic E-state index is 3.59. The zero-order chi connectivity index (χ0) is 12.2. The average Bonchev–Trinajstić information content (AvgIpc) is 2.93. The van der Waals surface area contributed by atoms with E-state index < -0.39 is 0 Å². The molecule has 0 aliphatic carbocycles. The largest absolute Gasteiger partial charge is 0.316 e. The van der Waals surface area contributed by atoms with Crippen LogP contribution < -0.4 is 10.6 Å². The van der Waals surface area contributed by atoms with Crippen molar-refractivity contribution < 1.29 is 0 Å². The standard InChI is InChI=1S/C16H24N2/c1-4-13(11-16-7-3-9-18-16)10-14(5-1)15-6-2-8-17-12-15/h1,4-5,10,15-18H,2-3,6-9,11-12H2. The summed E-state index contributed by atoms with van der Waals surface area (Å²) in [5.41, 5.74) is 3.05. The highest BCUT2D eigenvalue weighted by molar-refractivity contribution is 5.27. The van der Waals surface area contributed by atoms with Crippen LogP contribution in [0.4, 0.5) is 0 Å². The Balaban J connectivity index is 1.67. The molecule has 1 aromatic carbocycles. The quantitative estimate of drug-likeness (QED) is 0.853. The van der Waals surface area contributed by atoms with Crippen molar-refractivity contribution in [3.8, 4) is 0 Å². The number of nitrogens with one attached hydrogen (secondary N) is 2. The Bertz CT molecular complexity index is 376. The normalized spacial score (nSPS) is 28.4. The van der Waals surface area contributed by atoms with Gasteiger partial charge >= 0.3 is 0 Å². The van der Waals surface area contributed by atoms with Gasteiger partial charge in [0.1, 0.15) is 0 Å². The van der Waals surface area contributed by atoms with Gasteiger partial charge in [-0.2, -0.15) is 0 Å². The molecule has 2 heteroatoms. The van der Waals surface area contributed by atoms with E-state index >= 15 is 0 Å². The lowest BCUT2D eigenvalue weighted by Gasteiger charge is -2.23. The molecule has 2 aliphatic heterocycles. The van der Waals surface area contributed by atoms with Gasteiger partial charge in [0.15, 0.2) is 0 Å². The molecule has 2 unspecified atom stereocenters. The molecule has 0 amide bonds. The lowest BCUT2D eigenvalue weighted by molar-refractivity contribution is 0.461. The van der Waals surface area contributed by atoms with Gasteiger partial charge in [0.05, 0.1) is 0 Å². The molecule has 2 saturated heterocycles. The molecule has 2 aliphatic rings. The third-order valence-corrected chi connectivity index (χ3v) is 4.36. The third-order valence-electron chi connectivity index (χ3n) is 4.36. The van der Waals surface area contributed by atoms with Crippen molar-refractivity contribution in [1.29, 1.82) is 0 Å². The maximum atomic E-state index is 3.59. The molecular formula is C16H24N2. The van der Waals surface area contributed by atoms with Crippen LogP contribution in [0.1, 0.15) is 42.7 Å². The Labute approximate surface area is 110 Å². The van der Waals surface area contributed by atoms with Crippen LogP contribution in [-0.2, 0) is 6.42 Å². The molecule has 2 atom stereocenters. The van der Waals surface area contributed by atoms with Crippen molar-refractivity contribution >= 4 is 0 Å².